The van der Waals surface area contributed by atoms with Crippen LogP contribution in [0.15, 0.2) is 28.7 Å². The van der Waals surface area contributed by atoms with E-state index in [0.717, 1.165) is 10.2 Å². The van der Waals surface area contributed by atoms with E-state index >= 15 is 0 Å². The van der Waals surface area contributed by atoms with Gasteiger partial charge in [0, 0.05) is 16.2 Å². The van der Waals surface area contributed by atoms with Gasteiger partial charge in [-0.25, -0.2) is 0 Å². The molecule has 0 aliphatic carbocycles. The highest BCUT2D eigenvalue weighted by Crippen LogP contribution is 2.26. The van der Waals surface area contributed by atoms with Crippen LogP contribution in [0.1, 0.15) is 35.5 Å². The molecule has 0 saturated carbocycles. The summed E-state index contributed by atoms with van der Waals surface area (Å²) in [5, 5.41) is 4.66. The molecule has 1 heterocycles. The van der Waals surface area contributed by atoms with Crippen LogP contribution in [0.25, 0.3) is 0 Å². The number of nitrogens with zero attached hydrogens (tertiary/aromatic N) is 2. The van der Waals surface area contributed by atoms with E-state index in [1.807, 2.05) is 26.0 Å². The molecule has 102 valence electrons. The molecule has 2 rings (SSSR count). The van der Waals surface area contributed by atoms with Gasteiger partial charge in [-0.15, -0.1) is 0 Å². The third-order valence-electron chi connectivity index (χ3n) is 3.66. The number of hydrogen-bond acceptors (Lipinski definition) is 2. The van der Waals surface area contributed by atoms with E-state index in [1.165, 1.54) is 16.8 Å². The standard InChI is InChI=1S/C15H20BrN3/c1-9-11(3)18-19(12(9)4)15(10(2)17)13-5-7-14(16)8-6-13/h5-8,10,15H,17H2,1-4H3. The summed E-state index contributed by atoms with van der Waals surface area (Å²) in [6.45, 7) is 8.27. The lowest BCUT2D eigenvalue weighted by Gasteiger charge is -2.23. The maximum absolute atomic E-state index is 6.19. The van der Waals surface area contributed by atoms with Crippen molar-refractivity contribution in [1.82, 2.24) is 9.78 Å². The first-order valence-electron chi connectivity index (χ1n) is 6.45. The van der Waals surface area contributed by atoms with Crippen LogP contribution >= 0.6 is 15.9 Å². The first-order chi connectivity index (χ1) is 8.91. The molecule has 19 heavy (non-hydrogen) atoms. The Balaban J connectivity index is 2.51. The number of aromatic nitrogens is 2. The zero-order valence-corrected chi connectivity index (χ0v) is 13.4. The molecule has 0 saturated heterocycles. The quantitative estimate of drug-likeness (QED) is 0.940. The van der Waals surface area contributed by atoms with Gasteiger partial charge in [-0.1, -0.05) is 28.1 Å². The minimum Gasteiger partial charge on any atom is -0.326 e. The largest absolute Gasteiger partial charge is 0.326 e. The van der Waals surface area contributed by atoms with Gasteiger partial charge in [0.15, 0.2) is 0 Å². The van der Waals surface area contributed by atoms with Crippen molar-refractivity contribution in [3.05, 3.63) is 51.3 Å². The van der Waals surface area contributed by atoms with Gasteiger partial charge in [-0.2, -0.15) is 5.10 Å². The average molecular weight is 322 g/mol. The average Bonchev–Trinajstić information content (AvgIpc) is 2.60. The molecule has 0 spiro atoms. The van der Waals surface area contributed by atoms with Crippen molar-refractivity contribution >= 4 is 15.9 Å². The van der Waals surface area contributed by atoms with E-state index in [4.69, 9.17) is 5.73 Å². The predicted molar refractivity (Wildman–Crippen MR) is 82.4 cm³/mol. The number of benzene rings is 1. The molecule has 1 aromatic heterocycles. The van der Waals surface area contributed by atoms with Crippen LogP contribution in [0.4, 0.5) is 0 Å². The van der Waals surface area contributed by atoms with Gasteiger partial charge >= 0.3 is 0 Å². The summed E-state index contributed by atoms with van der Waals surface area (Å²) in [5.41, 5.74) is 10.9. The first-order valence-corrected chi connectivity index (χ1v) is 7.24. The molecule has 2 aromatic rings. The lowest BCUT2D eigenvalue weighted by molar-refractivity contribution is 0.443. The molecular formula is C15H20BrN3. The molecule has 0 amide bonds. The predicted octanol–water partition coefficient (Wildman–Crippen LogP) is 3.51. The van der Waals surface area contributed by atoms with Crippen LogP contribution in [0.3, 0.4) is 0 Å². The third-order valence-corrected chi connectivity index (χ3v) is 4.19. The van der Waals surface area contributed by atoms with Gasteiger partial charge in [-0.05, 0) is 51.0 Å². The summed E-state index contributed by atoms with van der Waals surface area (Å²) in [4.78, 5) is 0. The van der Waals surface area contributed by atoms with Crippen LogP contribution < -0.4 is 5.73 Å². The second-order valence-corrected chi connectivity index (χ2v) is 6.01. The molecule has 0 fully saturated rings. The van der Waals surface area contributed by atoms with Crippen molar-refractivity contribution < 1.29 is 0 Å². The molecule has 0 bridgehead atoms. The van der Waals surface area contributed by atoms with Gasteiger partial charge in [0.25, 0.3) is 0 Å². The van der Waals surface area contributed by atoms with Crippen molar-refractivity contribution in [3.8, 4) is 0 Å². The summed E-state index contributed by atoms with van der Waals surface area (Å²) < 4.78 is 3.13. The minimum absolute atomic E-state index is 0.00132. The Bertz CT molecular complexity index is 570. The summed E-state index contributed by atoms with van der Waals surface area (Å²) in [6.07, 6.45) is 0. The topological polar surface area (TPSA) is 43.8 Å². The smallest absolute Gasteiger partial charge is 0.0919 e. The lowest BCUT2D eigenvalue weighted by atomic mass is 10.0. The first kappa shape index (κ1) is 14.3. The summed E-state index contributed by atoms with van der Waals surface area (Å²) >= 11 is 3.46. The maximum Gasteiger partial charge on any atom is 0.0919 e. The van der Waals surface area contributed by atoms with E-state index in [0.29, 0.717) is 0 Å². The number of aryl methyl sites for hydroxylation is 1. The number of hydrogen-bond donors (Lipinski definition) is 1. The Morgan fingerprint density at radius 2 is 1.74 bits per heavy atom. The number of nitrogens with two attached hydrogens (primary N) is 1. The van der Waals surface area contributed by atoms with E-state index in [-0.39, 0.29) is 12.1 Å². The highest BCUT2D eigenvalue weighted by atomic mass is 79.9. The molecule has 1 aromatic carbocycles. The second kappa shape index (κ2) is 5.47. The number of rotatable bonds is 3. The molecular weight excluding hydrogens is 302 g/mol. The minimum atomic E-state index is -0.00132. The van der Waals surface area contributed by atoms with Gasteiger partial charge in [-0.3, -0.25) is 4.68 Å². The molecule has 2 atom stereocenters. The molecule has 0 radical (unpaired) electrons. The monoisotopic (exact) mass is 321 g/mol. The van der Waals surface area contributed by atoms with Crippen LogP contribution in [-0.2, 0) is 0 Å². The summed E-state index contributed by atoms with van der Waals surface area (Å²) in [7, 11) is 0. The van der Waals surface area contributed by atoms with Crippen LogP contribution in [-0.4, -0.2) is 15.8 Å². The molecule has 3 nitrogen and oxygen atoms in total. The molecule has 0 aliphatic heterocycles. The molecule has 0 aliphatic rings. The maximum atomic E-state index is 6.19. The van der Waals surface area contributed by atoms with Crippen molar-refractivity contribution in [2.75, 3.05) is 0 Å². The molecule has 4 heteroatoms. The van der Waals surface area contributed by atoms with E-state index in [1.54, 1.807) is 0 Å². The normalized spacial score (nSPS) is 14.4. The Kier molecular flexibility index (Phi) is 4.11. The van der Waals surface area contributed by atoms with Gasteiger partial charge < -0.3 is 5.73 Å². The Morgan fingerprint density at radius 3 is 2.16 bits per heavy atom. The fraction of sp³-hybridized carbons (Fsp3) is 0.400. The fourth-order valence-corrected chi connectivity index (χ4v) is 2.61. The van der Waals surface area contributed by atoms with Crippen LogP contribution in [0.5, 0.6) is 0 Å². The van der Waals surface area contributed by atoms with Crippen molar-refractivity contribution in [1.29, 1.82) is 0 Å². The fourth-order valence-electron chi connectivity index (χ4n) is 2.34. The molecule has 2 unspecified atom stereocenters. The second-order valence-electron chi connectivity index (χ2n) is 5.10. The third kappa shape index (κ3) is 2.74. The van der Waals surface area contributed by atoms with Crippen molar-refractivity contribution in [2.24, 2.45) is 5.73 Å². The van der Waals surface area contributed by atoms with Gasteiger partial charge in [0.05, 0.1) is 11.7 Å². The SMILES string of the molecule is Cc1nn(C(c2ccc(Br)cc2)C(C)N)c(C)c1C. The molecule has 2 N–H and O–H groups in total. The zero-order valence-electron chi connectivity index (χ0n) is 11.8. The van der Waals surface area contributed by atoms with Crippen molar-refractivity contribution in [2.45, 2.75) is 39.8 Å². The summed E-state index contributed by atoms with van der Waals surface area (Å²) in [6, 6.07) is 8.36. The van der Waals surface area contributed by atoms with E-state index in [9.17, 15) is 0 Å². The van der Waals surface area contributed by atoms with Gasteiger partial charge in [0.1, 0.15) is 0 Å². The Labute approximate surface area is 122 Å². The number of halogens is 1. The zero-order chi connectivity index (χ0) is 14.2. The van der Waals surface area contributed by atoms with E-state index in [2.05, 4.69) is 51.7 Å². The van der Waals surface area contributed by atoms with Crippen molar-refractivity contribution in [3.63, 3.8) is 0 Å². The lowest BCUT2D eigenvalue weighted by Crippen LogP contribution is -2.31. The van der Waals surface area contributed by atoms with Crippen LogP contribution in [0, 0.1) is 20.8 Å². The Morgan fingerprint density at radius 1 is 1.16 bits per heavy atom. The van der Waals surface area contributed by atoms with E-state index < -0.39 is 0 Å². The highest BCUT2D eigenvalue weighted by Gasteiger charge is 2.22. The van der Waals surface area contributed by atoms with Crippen LogP contribution in [0.2, 0.25) is 0 Å². The summed E-state index contributed by atoms with van der Waals surface area (Å²) in [5.74, 6) is 0. The highest BCUT2D eigenvalue weighted by molar-refractivity contribution is 9.10. The van der Waals surface area contributed by atoms with Gasteiger partial charge in [0.2, 0.25) is 0 Å². The Hall–Kier alpha value is -1.13.